The Balaban J connectivity index is 1.81. The molecule has 0 unspecified atom stereocenters. The van der Waals surface area contributed by atoms with Crippen LogP contribution >= 0.6 is 0 Å². The monoisotopic (exact) mass is 264 g/mol. The molecule has 1 aromatic rings. The predicted octanol–water partition coefficient (Wildman–Crippen LogP) is 1.32. The van der Waals surface area contributed by atoms with Crippen LogP contribution < -0.4 is 5.32 Å². The summed E-state index contributed by atoms with van der Waals surface area (Å²) in [6, 6.07) is 0. The lowest BCUT2D eigenvalue weighted by molar-refractivity contribution is 0.0691. The molecule has 0 saturated carbocycles. The van der Waals surface area contributed by atoms with Crippen LogP contribution in [0, 0.1) is 5.92 Å². The maximum atomic E-state index is 11.0. The zero-order valence-corrected chi connectivity index (χ0v) is 11.2. The molecule has 6 nitrogen and oxygen atoms in total. The second-order valence-corrected chi connectivity index (χ2v) is 5.02. The van der Waals surface area contributed by atoms with Gasteiger partial charge in [0.15, 0.2) is 11.5 Å². The Hall–Kier alpha value is -1.69. The fraction of sp³-hybridized carbons (Fsp3) is 0.615. The van der Waals surface area contributed by atoms with E-state index < -0.39 is 5.97 Å². The fourth-order valence-corrected chi connectivity index (χ4v) is 2.37. The van der Waals surface area contributed by atoms with Crippen molar-refractivity contribution >= 4 is 11.8 Å². The van der Waals surface area contributed by atoms with Crippen molar-refractivity contribution in [3.63, 3.8) is 0 Å². The second-order valence-electron chi connectivity index (χ2n) is 5.02. The van der Waals surface area contributed by atoms with Crippen molar-refractivity contribution in [3.05, 3.63) is 18.1 Å². The van der Waals surface area contributed by atoms with Crippen LogP contribution in [0.15, 0.2) is 12.4 Å². The van der Waals surface area contributed by atoms with Crippen LogP contribution in [0.2, 0.25) is 0 Å². The van der Waals surface area contributed by atoms with E-state index in [9.17, 15) is 4.79 Å². The molecule has 2 rings (SSSR count). The normalized spacial score (nSPS) is 17.3. The number of carboxylic acids is 1. The van der Waals surface area contributed by atoms with Gasteiger partial charge < -0.3 is 15.3 Å². The third-order valence-corrected chi connectivity index (χ3v) is 3.58. The van der Waals surface area contributed by atoms with Gasteiger partial charge in [-0.25, -0.2) is 14.8 Å². The second kappa shape index (κ2) is 6.47. The zero-order valence-electron chi connectivity index (χ0n) is 11.2. The summed E-state index contributed by atoms with van der Waals surface area (Å²) in [7, 11) is 2.15. The average Bonchev–Trinajstić information content (AvgIpc) is 2.41. The van der Waals surface area contributed by atoms with Gasteiger partial charge >= 0.3 is 5.97 Å². The van der Waals surface area contributed by atoms with Crippen molar-refractivity contribution in [1.29, 1.82) is 0 Å². The number of nitrogens with zero attached hydrogens (tertiary/aromatic N) is 3. The van der Waals surface area contributed by atoms with Crippen molar-refractivity contribution in [2.45, 2.75) is 19.3 Å². The van der Waals surface area contributed by atoms with E-state index in [1.165, 1.54) is 25.2 Å². The van der Waals surface area contributed by atoms with Crippen LogP contribution in [-0.2, 0) is 0 Å². The summed E-state index contributed by atoms with van der Waals surface area (Å²) in [6.07, 6.45) is 6.37. The zero-order chi connectivity index (χ0) is 13.7. The van der Waals surface area contributed by atoms with Crippen molar-refractivity contribution in [1.82, 2.24) is 14.9 Å². The first-order chi connectivity index (χ1) is 9.16. The lowest BCUT2D eigenvalue weighted by Crippen LogP contribution is -2.31. The highest BCUT2D eigenvalue weighted by atomic mass is 16.4. The van der Waals surface area contributed by atoms with Crippen LogP contribution in [0.1, 0.15) is 29.8 Å². The topological polar surface area (TPSA) is 78.3 Å². The minimum atomic E-state index is -1.05. The molecule has 0 spiro atoms. The lowest BCUT2D eigenvalue weighted by atomic mass is 9.94. The summed E-state index contributed by atoms with van der Waals surface area (Å²) in [5.74, 6) is 0.0338. The molecular formula is C13H20N4O2. The number of rotatable bonds is 5. The molecule has 2 N–H and O–H groups in total. The Morgan fingerprint density at radius 3 is 2.79 bits per heavy atom. The minimum Gasteiger partial charge on any atom is -0.476 e. The third-order valence-electron chi connectivity index (χ3n) is 3.58. The van der Waals surface area contributed by atoms with Gasteiger partial charge in [0.05, 0.1) is 0 Å². The molecule has 0 atom stereocenters. The minimum absolute atomic E-state index is 0.00845. The van der Waals surface area contributed by atoms with E-state index in [0.29, 0.717) is 11.7 Å². The van der Waals surface area contributed by atoms with E-state index in [1.54, 1.807) is 0 Å². The van der Waals surface area contributed by atoms with Gasteiger partial charge in [0.1, 0.15) is 0 Å². The Labute approximate surface area is 112 Å². The molecule has 0 amide bonds. The molecule has 6 heteroatoms. The highest BCUT2D eigenvalue weighted by molar-refractivity contribution is 5.90. The van der Waals surface area contributed by atoms with Crippen LogP contribution in [-0.4, -0.2) is 52.6 Å². The molecule has 1 saturated heterocycles. The van der Waals surface area contributed by atoms with Crippen LogP contribution in [0.4, 0.5) is 5.82 Å². The Kier molecular flexibility index (Phi) is 4.68. The van der Waals surface area contributed by atoms with E-state index in [4.69, 9.17) is 5.11 Å². The summed E-state index contributed by atoms with van der Waals surface area (Å²) in [4.78, 5) is 21.2. The Morgan fingerprint density at radius 1 is 1.42 bits per heavy atom. The molecule has 0 radical (unpaired) electrons. The van der Waals surface area contributed by atoms with Crippen molar-refractivity contribution in [2.75, 3.05) is 32.0 Å². The van der Waals surface area contributed by atoms with Gasteiger partial charge in [-0.05, 0) is 45.3 Å². The van der Waals surface area contributed by atoms with E-state index in [2.05, 4.69) is 27.2 Å². The van der Waals surface area contributed by atoms with Gasteiger partial charge in [-0.15, -0.1) is 0 Å². The molecule has 0 bridgehead atoms. The molecule has 0 aromatic carbocycles. The summed E-state index contributed by atoms with van der Waals surface area (Å²) < 4.78 is 0. The molecule has 1 fully saturated rings. The molecule has 19 heavy (non-hydrogen) atoms. The number of piperidine rings is 1. The average molecular weight is 264 g/mol. The first-order valence-corrected chi connectivity index (χ1v) is 6.63. The first-order valence-electron chi connectivity index (χ1n) is 6.63. The molecule has 1 aliphatic heterocycles. The smallest absolute Gasteiger partial charge is 0.358 e. The summed E-state index contributed by atoms with van der Waals surface area (Å²) >= 11 is 0. The highest BCUT2D eigenvalue weighted by Gasteiger charge is 2.17. The number of likely N-dealkylation sites (tertiary alicyclic amines) is 1. The van der Waals surface area contributed by atoms with Crippen molar-refractivity contribution < 1.29 is 9.90 Å². The van der Waals surface area contributed by atoms with E-state index in [-0.39, 0.29) is 5.69 Å². The third kappa shape index (κ3) is 3.89. The number of carboxylic acid groups (broad SMARTS) is 1. The number of aromatic nitrogens is 2. The number of carbonyl (C=O) groups is 1. The number of hydrogen-bond acceptors (Lipinski definition) is 5. The molecular weight excluding hydrogens is 244 g/mol. The van der Waals surface area contributed by atoms with Gasteiger partial charge in [-0.1, -0.05) is 0 Å². The standard InChI is InChI=1S/C13H20N4O2/c1-17-8-3-10(4-9-17)2-5-15-12-11(13(18)19)14-6-7-16-12/h6-7,10H,2-5,8-9H2,1H3,(H,15,16)(H,18,19). The molecule has 2 heterocycles. The largest absolute Gasteiger partial charge is 0.476 e. The molecule has 104 valence electrons. The highest BCUT2D eigenvalue weighted by Crippen LogP contribution is 2.19. The molecule has 1 aromatic heterocycles. The van der Waals surface area contributed by atoms with E-state index in [0.717, 1.165) is 26.1 Å². The predicted molar refractivity (Wildman–Crippen MR) is 72.3 cm³/mol. The number of nitrogens with one attached hydrogen (secondary N) is 1. The number of hydrogen-bond donors (Lipinski definition) is 2. The molecule has 1 aliphatic rings. The van der Waals surface area contributed by atoms with Gasteiger partial charge in [0, 0.05) is 18.9 Å². The number of anilines is 1. The summed E-state index contributed by atoms with van der Waals surface area (Å²) in [5, 5.41) is 12.1. The maximum absolute atomic E-state index is 11.0. The van der Waals surface area contributed by atoms with Crippen molar-refractivity contribution in [2.24, 2.45) is 5.92 Å². The quantitative estimate of drug-likeness (QED) is 0.835. The van der Waals surface area contributed by atoms with Crippen LogP contribution in [0.5, 0.6) is 0 Å². The van der Waals surface area contributed by atoms with Crippen molar-refractivity contribution in [3.8, 4) is 0 Å². The van der Waals surface area contributed by atoms with Gasteiger partial charge in [0.2, 0.25) is 0 Å². The van der Waals surface area contributed by atoms with Gasteiger partial charge in [0.25, 0.3) is 0 Å². The van der Waals surface area contributed by atoms with Gasteiger partial charge in [-0.2, -0.15) is 0 Å². The lowest BCUT2D eigenvalue weighted by Gasteiger charge is -2.28. The Morgan fingerprint density at radius 2 is 2.11 bits per heavy atom. The van der Waals surface area contributed by atoms with Gasteiger partial charge in [-0.3, -0.25) is 0 Å². The fourth-order valence-electron chi connectivity index (χ4n) is 2.37. The summed E-state index contributed by atoms with van der Waals surface area (Å²) in [6.45, 7) is 3.04. The van der Waals surface area contributed by atoms with E-state index in [1.807, 2.05) is 0 Å². The first kappa shape index (κ1) is 13.7. The Bertz CT molecular complexity index is 430. The van der Waals surface area contributed by atoms with Crippen LogP contribution in [0.3, 0.4) is 0 Å². The maximum Gasteiger partial charge on any atom is 0.358 e. The SMILES string of the molecule is CN1CCC(CCNc2nccnc2C(=O)O)CC1. The van der Waals surface area contributed by atoms with Crippen LogP contribution in [0.25, 0.3) is 0 Å². The molecule has 0 aliphatic carbocycles. The number of aromatic carboxylic acids is 1. The van der Waals surface area contributed by atoms with E-state index >= 15 is 0 Å². The summed E-state index contributed by atoms with van der Waals surface area (Å²) in [5.41, 5.74) is -0.00845.